The highest BCUT2D eigenvalue weighted by Gasteiger charge is 2.22. The molecule has 1 N–H and O–H groups in total. The van der Waals surface area contributed by atoms with Crippen LogP contribution >= 0.6 is 0 Å². The molecule has 23 heavy (non-hydrogen) atoms. The van der Waals surface area contributed by atoms with Crippen molar-refractivity contribution in [2.75, 3.05) is 0 Å². The lowest BCUT2D eigenvalue weighted by Crippen LogP contribution is -1.98. The van der Waals surface area contributed by atoms with Gasteiger partial charge in [-0.15, -0.1) is 5.73 Å². The van der Waals surface area contributed by atoms with Gasteiger partial charge in [-0.05, 0) is 74.3 Å². The van der Waals surface area contributed by atoms with Crippen LogP contribution in [0.3, 0.4) is 0 Å². The Bertz CT molecular complexity index is 721. The van der Waals surface area contributed by atoms with Crippen molar-refractivity contribution in [2.24, 2.45) is 0 Å². The number of carboxylic acid groups (broad SMARTS) is 1. The molecule has 1 aromatic heterocycles. The predicted molar refractivity (Wildman–Crippen MR) is 90.2 cm³/mol. The second-order valence-corrected chi connectivity index (χ2v) is 6.14. The molecule has 1 unspecified atom stereocenters. The molecule has 3 heteroatoms. The second kappa shape index (κ2) is 7.26. The number of pyridine rings is 1. The van der Waals surface area contributed by atoms with Crippen molar-refractivity contribution in [3.05, 3.63) is 70.8 Å². The molecule has 1 aromatic rings. The van der Waals surface area contributed by atoms with E-state index in [0.29, 0.717) is 5.92 Å². The van der Waals surface area contributed by atoms with Crippen molar-refractivity contribution in [1.82, 2.24) is 4.98 Å². The Morgan fingerprint density at radius 3 is 3.17 bits per heavy atom. The zero-order valence-electron chi connectivity index (χ0n) is 13.2. The Balaban J connectivity index is 1.57. The Kier molecular flexibility index (Phi) is 4.89. The standard InChI is InChI=1S/C20H21NO2/c22-20(23)17-7-2-1-5-15(10-11-17)6-3-8-16-12-13-19-18(16)9-4-14-21-19/h1,4,7,9-11,14,16H,3,5-6,8,12-13H2,(H,22,23)/b15-10+,17-11+. The number of carboxylic acids is 1. The zero-order chi connectivity index (χ0) is 16.1. The molecule has 0 fully saturated rings. The van der Waals surface area contributed by atoms with Gasteiger partial charge in [-0.25, -0.2) is 4.79 Å². The molecule has 2 aliphatic rings. The van der Waals surface area contributed by atoms with E-state index in [-0.39, 0.29) is 5.57 Å². The van der Waals surface area contributed by atoms with E-state index in [1.54, 1.807) is 6.08 Å². The predicted octanol–water partition coefficient (Wildman–Crippen LogP) is 4.33. The first-order valence-corrected chi connectivity index (χ1v) is 8.22. The van der Waals surface area contributed by atoms with E-state index in [9.17, 15) is 4.79 Å². The van der Waals surface area contributed by atoms with Crippen LogP contribution in [-0.4, -0.2) is 16.1 Å². The maximum atomic E-state index is 11.0. The van der Waals surface area contributed by atoms with Gasteiger partial charge in [0, 0.05) is 11.9 Å². The summed E-state index contributed by atoms with van der Waals surface area (Å²) in [6.07, 6.45) is 15.4. The van der Waals surface area contributed by atoms with E-state index < -0.39 is 5.97 Å². The van der Waals surface area contributed by atoms with E-state index >= 15 is 0 Å². The third-order valence-corrected chi connectivity index (χ3v) is 4.61. The fourth-order valence-corrected chi connectivity index (χ4v) is 3.35. The minimum Gasteiger partial charge on any atom is -0.478 e. The molecule has 0 aliphatic heterocycles. The fraction of sp³-hybridized carbons (Fsp3) is 0.350. The second-order valence-electron chi connectivity index (χ2n) is 6.14. The van der Waals surface area contributed by atoms with Gasteiger partial charge in [0.1, 0.15) is 0 Å². The molecule has 0 saturated carbocycles. The van der Waals surface area contributed by atoms with Gasteiger partial charge in [0.25, 0.3) is 0 Å². The number of allylic oxidation sites excluding steroid dienone is 3. The van der Waals surface area contributed by atoms with Crippen molar-refractivity contribution >= 4 is 5.97 Å². The normalized spacial score (nSPS) is 24.1. The minimum atomic E-state index is -0.904. The third kappa shape index (κ3) is 3.88. The number of nitrogens with zero attached hydrogens (tertiary/aromatic N) is 1. The summed E-state index contributed by atoms with van der Waals surface area (Å²) in [7, 11) is 0. The first-order chi connectivity index (χ1) is 11.2. The van der Waals surface area contributed by atoms with Crippen molar-refractivity contribution in [2.45, 2.75) is 44.4 Å². The minimum absolute atomic E-state index is 0.286. The summed E-state index contributed by atoms with van der Waals surface area (Å²) in [4.78, 5) is 15.5. The number of hydrogen-bond donors (Lipinski definition) is 1. The number of aromatic nitrogens is 1. The van der Waals surface area contributed by atoms with Crippen molar-refractivity contribution < 1.29 is 9.90 Å². The maximum absolute atomic E-state index is 11.0. The summed E-state index contributed by atoms with van der Waals surface area (Å²) < 4.78 is 0. The average molecular weight is 307 g/mol. The summed E-state index contributed by atoms with van der Waals surface area (Å²) in [6, 6.07) is 4.24. The molecule has 118 valence electrons. The smallest absolute Gasteiger partial charge is 0.336 e. The molecule has 0 amide bonds. The van der Waals surface area contributed by atoms with Crippen LogP contribution in [0.15, 0.2) is 59.5 Å². The van der Waals surface area contributed by atoms with Crippen LogP contribution in [0.1, 0.15) is 49.3 Å². The third-order valence-electron chi connectivity index (χ3n) is 4.61. The van der Waals surface area contributed by atoms with Gasteiger partial charge < -0.3 is 5.11 Å². The van der Waals surface area contributed by atoms with Crippen LogP contribution in [0.2, 0.25) is 0 Å². The molecule has 0 aromatic carbocycles. The highest BCUT2D eigenvalue weighted by atomic mass is 16.4. The number of carbonyl (C=O) groups is 1. The molecular weight excluding hydrogens is 286 g/mol. The highest BCUT2D eigenvalue weighted by molar-refractivity contribution is 5.90. The summed E-state index contributed by atoms with van der Waals surface area (Å²) >= 11 is 0. The number of fused-ring (bicyclic) bond motifs is 1. The van der Waals surface area contributed by atoms with Crippen LogP contribution in [0.25, 0.3) is 0 Å². The molecule has 3 rings (SSSR count). The fourth-order valence-electron chi connectivity index (χ4n) is 3.35. The van der Waals surface area contributed by atoms with E-state index in [1.165, 1.54) is 35.7 Å². The topological polar surface area (TPSA) is 50.2 Å². The highest BCUT2D eigenvalue weighted by Crippen LogP contribution is 2.35. The quantitative estimate of drug-likeness (QED) is 0.824. The summed E-state index contributed by atoms with van der Waals surface area (Å²) in [6.45, 7) is 0. The Hall–Kier alpha value is -2.38. The zero-order valence-corrected chi connectivity index (χ0v) is 13.2. The van der Waals surface area contributed by atoms with Gasteiger partial charge in [0.15, 0.2) is 0 Å². The van der Waals surface area contributed by atoms with E-state index in [4.69, 9.17) is 5.11 Å². The molecule has 0 saturated heterocycles. The van der Waals surface area contributed by atoms with E-state index in [0.717, 1.165) is 25.7 Å². The largest absolute Gasteiger partial charge is 0.478 e. The van der Waals surface area contributed by atoms with E-state index in [1.807, 2.05) is 24.4 Å². The average Bonchev–Trinajstić information content (AvgIpc) is 2.92. The van der Waals surface area contributed by atoms with E-state index in [2.05, 4.69) is 16.8 Å². The van der Waals surface area contributed by atoms with Crippen LogP contribution in [0.5, 0.6) is 0 Å². The van der Waals surface area contributed by atoms with Crippen molar-refractivity contribution in [1.29, 1.82) is 0 Å². The molecule has 1 atom stereocenters. The van der Waals surface area contributed by atoms with Crippen LogP contribution in [0.4, 0.5) is 0 Å². The number of aliphatic carboxylic acids is 1. The molecule has 0 bridgehead atoms. The molecule has 0 spiro atoms. The lowest BCUT2D eigenvalue weighted by Gasteiger charge is -2.12. The van der Waals surface area contributed by atoms with Gasteiger partial charge in [-0.2, -0.15) is 0 Å². The van der Waals surface area contributed by atoms with Gasteiger partial charge in [0.2, 0.25) is 0 Å². The van der Waals surface area contributed by atoms with Crippen molar-refractivity contribution in [3.8, 4) is 0 Å². The SMILES string of the molecule is O=C(O)/C1=C/C=C(/CCCC2CCc3ncccc32)CC=C=C1. The lowest BCUT2D eigenvalue weighted by molar-refractivity contribution is -0.132. The molecule has 1 heterocycles. The van der Waals surface area contributed by atoms with Crippen molar-refractivity contribution in [3.63, 3.8) is 0 Å². The first kappa shape index (κ1) is 15.5. The van der Waals surface area contributed by atoms with Gasteiger partial charge in [0.05, 0.1) is 5.57 Å². The Morgan fingerprint density at radius 1 is 1.39 bits per heavy atom. The summed E-state index contributed by atoms with van der Waals surface area (Å²) in [5.41, 5.74) is 7.20. The number of rotatable bonds is 5. The summed E-state index contributed by atoms with van der Waals surface area (Å²) in [5, 5.41) is 9.07. The van der Waals surface area contributed by atoms with Crippen LogP contribution in [0, 0.1) is 0 Å². The molecule has 0 radical (unpaired) electrons. The molecule has 3 nitrogen and oxygen atoms in total. The van der Waals surface area contributed by atoms with Gasteiger partial charge >= 0.3 is 5.97 Å². The Labute approximate surface area is 136 Å². The molecular formula is C20H21NO2. The van der Waals surface area contributed by atoms with Crippen LogP contribution in [-0.2, 0) is 11.2 Å². The molecule has 2 aliphatic carbocycles. The Morgan fingerprint density at radius 2 is 2.30 bits per heavy atom. The monoisotopic (exact) mass is 307 g/mol. The number of aryl methyl sites for hydroxylation is 1. The first-order valence-electron chi connectivity index (χ1n) is 8.22. The van der Waals surface area contributed by atoms with Crippen LogP contribution < -0.4 is 0 Å². The van der Waals surface area contributed by atoms with Gasteiger partial charge in [-0.1, -0.05) is 17.7 Å². The lowest BCUT2D eigenvalue weighted by atomic mass is 9.94. The summed E-state index contributed by atoms with van der Waals surface area (Å²) in [5.74, 6) is -0.271. The number of hydrogen-bond acceptors (Lipinski definition) is 2. The van der Waals surface area contributed by atoms with Gasteiger partial charge in [-0.3, -0.25) is 4.98 Å². The maximum Gasteiger partial charge on any atom is 0.336 e.